The first-order valence-corrected chi connectivity index (χ1v) is 37.3. The van der Waals surface area contributed by atoms with Crippen molar-refractivity contribution in [2.24, 2.45) is 0 Å². The number of unbranched alkanes of at least 4 members (excludes halogenated alkanes) is 55. The number of esters is 3. The van der Waals surface area contributed by atoms with Crippen molar-refractivity contribution in [1.29, 1.82) is 0 Å². The van der Waals surface area contributed by atoms with Gasteiger partial charge in [0.05, 0.1) is 0 Å². The zero-order chi connectivity index (χ0) is 59.2. The van der Waals surface area contributed by atoms with Crippen LogP contribution in [0.2, 0.25) is 0 Å². The summed E-state index contributed by atoms with van der Waals surface area (Å²) in [6.07, 6.45) is 88.0. The lowest BCUT2D eigenvalue weighted by Crippen LogP contribution is -2.30. The lowest BCUT2D eigenvalue weighted by Gasteiger charge is -2.18. The highest BCUT2D eigenvalue weighted by atomic mass is 16.6. The van der Waals surface area contributed by atoms with Crippen LogP contribution in [0.4, 0.5) is 0 Å². The van der Waals surface area contributed by atoms with Crippen LogP contribution in [0.5, 0.6) is 0 Å². The summed E-state index contributed by atoms with van der Waals surface area (Å²) < 4.78 is 17.0. The van der Waals surface area contributed by atoms with Crippen LogP contribution in [0.25, 0.3) is 0 Å². The highest BCUT2D eigenvalue weighted by Gasteiger charge is 2.20. The molecule has 1 atom stereocenters. The highest BCUT2D eigenvalue weighted by Crippen LogP contribution is 2.19. The number of rotatable bonds is 70. The quantitative estimate of drug-likeness (QED) is 0.0261. The van der Waals surface area contributed by atoms with Gasteiger partial charge in [-0.05, 0) is 70.6 Å². The molecule has 0 saturated carbocycles. The Morgan fingerprint density at radius 2 is 0.402 bits per heavy atom. The van der Waals surface area contributed by atoms with Gasteiger partial charge in [0, 0.05) is 19.3 Å². The van der Waals surface area contributed by atoms with Crippen molar-refractivity contribution in [2.75, 3.05) is 13.2 Å². The molecular formula is C76H144O6. The van der Waals surface area contributed by atoms with Crippen LogP contribution in [0, 0.1) is 0 Å². The molecule has 0 bridgehead atoms. The lowest BCUT2D eigenvalue weighted by atomic mass is 10.0. The van der Waals surface area contributed by atoms with E-state index in [1.165, 1.54) is 321 Å². The van der Waals surface area contributed by atoms with Crippen molar-refractivity contribution in [3.63, 3.8) is 0 Å². The maximum Gasteiger partial charge on any atom is 0.306 e. The summed E-state index contributed by atoms with van der Waals surface area (Å²) in [5, 5.41) is 0. The largest absolute Gasteiger partial charge is 0.462 e. The molecule has 0 radical (unpaired) electrons. The summed E-state index contributed by atoms with van der Waals surface area (Å²) in [5.41, 5.74) is 0. The minimum Gasteiger partial charge on any atom is -0.462 e. The van der Waals surface area contributed by atoms with Crippen LogP contribution in [-0.2, 0) is 28.6 Å². The Kier molecular flexibility index (Phi) is 69.5. The van der Waals surface area contributed by atoms with Gasteiger partial charge in [-0.2, -0.15) is 0 Å². The molecule has 0 aliphatic heterocycles. The van der Waals surface area contributed by atoms with Crippen molar-refractivity contribution >= 4 is 17.9 Å². The van der Waals surface area contributed by atoms with Crippen LogP contribution >= 0.6 is 0 Å². The van der Waals surface area contributed by atoms with E-state index in [4.69, 9.17) is 14.2 Å². The van der Waals surface area contributed by atoms with Gasteiger partial charge in [-0.25, -0.2) is 0 Å². The second kappa shape index (κ2) is 71.4. The number of hydrogen-bond acceptors (Lipinski definition) is 6. The Bertz CT molecular complexity index is 1320. The van der Waals surface area contributed by atoms with Gasteiger partial charge in [-0.1, -0.05) is 360 Å². The van der Waals surface area contributed by atoms with Crippen molar-refractivity contribution in [3.8, 4) is 0 Å². The molecule has 1 unspecified atom stereocenters. The fourth-order valence-electron chi connectivity index (χ4n) is 11.6. The van der Waals surface area contributed by atoms with Gasteiger partial charge in [0.2, 0.25) is 0 Å². The monoisotopic (exact) mass is 1150 g/mol. The molecule has 0 aromatic rings. The molecule has 0 heterocycles. The fraction of sp³-hybridized carbons (Fsp3) is 0.908. The van der Waals surface area contributed by atoms with E-state index in [-0.39, 0.29) is 31.1 Å². The Morgan fingerprint density at radius 1 is 0.232 bits per heavy atom. The average molecular weight is 1150 g/mol. The molecule has 6 nitrogen and oxygen atoms in total. The van der Waals surface area contributed by atoms with Gasteiger partial charge < -0.3 is 14.2 Å². The van der Waals surface area contributed by atoms with Gasteiger partial charge in [0.1, 0.15) is 13.2 Å². The van der Waals surface area contributed by atoms with Crippen molar-refractivity contribution in [1.82, 2.24) is 0 Å². The first-order valence-electron chi connectivity index (χ1n) is 37.3. The molecule has 0 N–H and O–H groups in total. The molecular weight excluding hydrogens is 1010 g/mol. The van der Waals surface area contributed by atoms with E-state index in [0.717, 1.165) is 64.2 Å². The summed E-state index contributed by atoms with van der Waals surface area (Å²) >= 11 is 0. The number of carbonyl (C=O) groups is 3. The molecule has 0 amide bonds. The predicted molar refractivity (Wildman–Crippen MR) is 358 cm³/mol. The number of hydrogen-bond donors (Lipinski definition) is 0. The molecule has 0 rings (SSSR count). The number of carbonyl (C=O) groups excluding carboxylic acids is 3. The van der Waals surface area contributed by atoms with Crippen LogP contribution in [0.15, 0.2) is 24.3 Å². The van der Waals surface area contributed by atoms with Gasteiger partial charge in [0.15, 0.2) is 6.10 Å². The molecule has 0 aromatic carbocycles. The van der Waals surface area contributed by atoms with Crippen LogP contribution in [0.3, 0.4) is 0 Å². The lowest BCUT2D eigenvalue weighted by molar-refractivity contribution is -0.167. The van der Waals surface area contributed by atoms with E-state index in [1.54, 1.807) is 0 Å². The van der Waals surface area contributed by atoms with E-state index in [2.05, 4.69) is 45.1 Å². The zero-order valence-electron chi connectivity index (χ0n) is 55.8. The standard InChI is InChI=1S/C76H144O6/c1-4-7-10-13-16-19-22-25-27-29-31-33-35-37-39-40-42-44-46-48-51-54-57-60-63-66-69-75(78)81-72-73(71-80-74(77)68-65-62-59-56-53-50-24-21-18-15-12-9-6-3)82-76(79)70-67-64-61-58-55-52-49-47-45-43-41-38-36-34-32-30-28-26-23-20-17-14-11-8-5-2/h21,24,30,32,73H,4-20,22-23,25-29,31,33-72H2,1-3H3/b24-21-,32-30-. The Labute approximate surface area is 513 Å². The van der Waals surface area contributed by atoms with Gasteiger partial charge in [0.25, 0.3) is 0 Å². The smallest absolute Gasteiger partial charge is 0.306 e. The third kappa shape index (κ3) is 68.7. The normalized spacial score (nSPS) is 12.1. The summed E-state index contributed by atoms with van der Waals surface area (Å²) in [4.78, 5) is 38.5. The van der Waals surface area contributed by atoms with Gasteiger partial charge in [-0.15, -0.1) is 0 Å². The van der Waals surface area contributed by atoms with Crippen molar-refractivity contribution < 1.29 is 28.6 Å². The van der Waals surface area contributed by atoms with E-state index in [9.17, 15) is 14.4 Å². The summed E-state index contributed by atoms with van der Waals surface area (Å²) in [5.74, 6) is -0.844. The summed E-state index contributed by atoms with van der Waals surface area (Å²) in [6, 6.07) is 0. The van der Waals surface area contributed by atoms with E-state index >= 15 is 0 Å². The topological polar surface area (TPSA) is 78.9 Å². The van der Waals surface area contributed by atoms with Crippen LogP contribution < -0.4 is 0 Å². The Balaban J connectivity index is 4.19. The van der Waals surface area contributed by atoms with Crippen LogP contribution in [0.1, 0.15) is 425 Å². The Hall–Kier alpha value is -2.11. The maximum atomic E-state index is 13.0. The average Bonchev–Trinajstić information content (AvgIpc) is 3.47. The first kappa shape index (κ1) is 79.9. The van der Waals surface area contributed by atoms with Gasteiger partial charge >= 0.3 is 17.9 Å². The van der Waals surface area contributed by atoms with Crippen LogP contribution in [-0.4, -0.2) is 37.2 Å². The molecule has 82 heavy (non-hydrogen) atoms. The SMILES string of the molecule is CCCCCC/C=C\CCCCCCCC(=O)OCC(COC(=O)CCCCCCCCCCCCCCCCCCCCCCCCCCCC)OC(=O)CCCCCCCCCCCCCCC/C=C\CCCCCCCCCC. The molecule has 484 valence electrons. The minimum atomic E-state index is -0.773. The van der Waals surface area contributed by atoms with E-state index in [0.29, 0.717) is 19.3 Å². The molecule has 0 saturated heterocycles. The number of allylic oxidation sites excluding steroid dienone is 4. The third-order valence-electron chi connectivity index (χ3n) is 17.2. The Morgan fingerprint density at radius 3 is 0.622 bits per heavy atom. The second-order valence-electron chi connectivity index (χ2n) is 25.6. The zero-order valence-corrected chi connectivity index (χ0v) is 55.8. The van der Waals surface area contributed by atoms with Gasteiger partial charge in [-0.3, -0.25) is 14.4 Å². The minimum absolute atomic E-state index is 0.0679. The molecule has 0 aromatic heterocycles. The number of ether oxygens (including phenoxy) is 3. The van der Waals surface area contributed by atoms with Crippen molar-refractivity contribution in [2.45, 2.75) is 431 Å². The van der Waals surface area contributed by atoms with E-state index < -0.39 is 6.10 Å². The maximum absolute atomic E-state index is 13.0. The van der Waals surface area contributed by atoms with Crippen molar-refractivity contribution in [3.05, 3.63) is 24.3 Å². The molecule has 0 aliphatic rings. The molecule has 0 aliphatic carbocycles. The predicted octanol–water partition coefficient (Wildman–Crippen LogP) is 25.7. The first-order chi connectivity index (χ1) is 40.5. The fourth-order valence-corrected chi connectivity index (χ4v) is 11.6. The third-order valence-corrected chi connectivity index (χ3v) is 17.2. The molecule has 0 fully saturated rings. The summed E-state index contributed by atoms with van der Waals surface area (Å²) in [7, 11) is 0. The molecule has 0 spiro atoms. The molecule has 6 heteroatoms. The highest BCUT2D eigenvalue weighted by molar-refractivity contribution is 5.71. The second-order valence-corrected chi connectivity index (χ2v) is 25.6. The van der Waals surface area contributed by atoms with E-state index in [1.807, 2.05) is 0 Å². The summed E-state index contributed by atoms with van der Waals surface area (Å²) in [6.45, 7) is 6.71.